The first kappa shape index (κ1) is 11.7. The fourth-order valence-corrected chi connectivity index (χ4v) is 2.50. The predicted octanol–water partition coefficient (Wildman–Crippen LogP) is 1.73. The second kappa shape index (κ2) is 5.51. The van der Waals surface area contributed by atoms with Crippen molar-refractivity contribution in [3.05, 3.63) is 23.5 Å². The van der Waals surface area contributed by atoms with Crippen LogP contribution in [0.2, 0.25) is 0 Å². The lowest BCUT2D eigenvalue weighted by molar-refractivity contribution is 0.221. The molecule has 1 aliphatic rings. The molecule has 1 saturated heterocycles. The molecule has 1 aromatic rings. The summed E-state index contributed by atoms with van der Waals surface area (Å²) in [5.74, 6) is 0. The van der Waals surface area contributed by atoms with E-state index in [1.54, 1.807) is 0 Å². The molecule has 1 N–H and O–H groups in total. The SMILES string of the molecule is CNCc1cc(CN2CCCCC2)cn1C. The first-order valence-corrected chi connectivity index (χ1v) is 6.30. The Hall–Kier alpha value is -0.800. The van der Waals surface area contributed by atoms with Crippen molar-refractivity contribution in [2.24, 2.45) is 7.05 Å². The Morgan fingerprint density at radius 1 is 1.25 bits per heavy atom. The van der Waals surface area contributed by atoms with Crippen LogP contribution in [0.4, 0.5) is 0 Å². The van der Waals surface area contributed by atoms with E-state index in [-0.39, 0.29) is 0 Å². The maximum Gasteiger partial charge on any atom is 0.0356 e. The van der Waals surface area contributed by atoms with Gasteiger partial charge in [-0.3, -0.25) is 4.90 Å². The molecule has 1 aromatic heterocycles. The topological polar surface area (TPSA) is 20.2 Å². The predicted molar refractivity (Wildman–Crippen MR) is 67.3 cm³/mol. The molecule has 2 heterocycles. The molecule has 3 nitrogen and oxygen atoms in total. The first-order valence-electron chi connectivity index (χ1n) is 6.30. The zero-order valence-corrected chi connectivity index (χ0v) is 10.5. The quantitative estimate of drug-likeness (QED) is 0.835. The van der Waals surface area contributed by atoms with E-state index in [4.69, 9.17) is 0 Å². The number of nitrogens with one attached hydrogen (secondary N) is 1. The van der Waals surface area contributed by atoms with Crippen LogP contribution in [0.5, 0.6) is 0 Å². The van der Waals surface area contributed by atoms with E-state index in [1.807, 2.05) is 7.05 Å². The molecule has 0 bridgehead atoms. The Bertz CT molecular complexity index is 324. The van der Waals surface area contributed by atoms with Gasteiger partial charge >= 0.3 is 0 Å². The van der Waals surface area contributed by atoms with E-state index < -0.39 is 0 Å². The van der Waals surface area contributed by atoms with Gasteiger partial charge in [-0.15, -0.1) is 0 Å². The normalized spacial score (nSPS) is 17.9. The summed E-state index contributed by atoms with van der Waals surface area (Å²) in [5, 5.41) is 3.21. The average molecular weight is 221 g/mol. The van der Waals surface area contributed by atoms with E-state index in [2.05, 4.69) is 34.1 Å². The van der Waals surface area contributed by atoms with Crippen molar-refractivity contribution < 1.29 is 0 Å². The van der Waals surface area contributed by atoms with Crippen LogP contribution in [0.3, 0.4) is 0 Å². The minimum Gasteiger partial charge on any atom is -0.353 e. The van der Waals surface area contributed by atoms with Gasteiger partial charge in [-0.05, 0) is 44.6 Å². The van der Waals surface area contributed by atoms with Crippen LogP contribution in [0.25, 0.3) is 0 Å². The standard InChI is InChI=1S/C13H23N3/c1-14-9-13-8-12(10-15(13)2)11-16-6-4-3-5-7-16/h8,10,14H,3-7,9,11H2,1-2H3. The third-order valence-electron chi connectivity index (χ3n) is 3.38. The number of likely N-dealkylation sites (tertiary alicyclic amines) is 1. The molecule has 2 rings (SSSR count). The molecular weight excluding hydrogens is 198 g/mol. The molecule has 0 radical (unpaired) electrons. The lowest BCUT2D eigenvalue weighted by Crippen LogP contribution is -2.28. The van der Waals surface area contributed by atoms with Gasteiger partial charge < -0.3 is 9.88 Å². The summed E-state index contributed by atoms with van der Waals surface area (Å²) in [5.41, 5.74) is 2.82. The van der Waals surface area contributed by atoms with E-state index in [9.17, 15) is 0 Å². The van der Waals surface area contributed by atoms with Gasteiger partial charge in [-0.25, -0.2) is 0 Å². The van der Waals surface area contributed by atoms with Crippen molar-refractivity contribution in [3.63, 3.8) is 0 Å². The number of nitrogens with zero attached hydrogens (tertiary/aromatic N) is 2. The summed E-state index contributed by atoms with van der Waals surface area (Å²) >= 11 is 0. The number of aryl methyl sites for hydroxylation is 1. The van der Waals surface area contributed by atoms with Crippen LogP contribution < -0.4 is 5.32 Å². The van der Waals surface area contributed by atoms with Crippen molar-refractivity contribution >= 4 is 0 Å². The number of hydrogen-bond donors (Lipinski definition) is 1. The van der Waals surface area contributed by atoms with E-state index in [0.717, 1.165) is 13.1 Å². The maximum absolute atomic E-state index is 3.21. The van der Waals surface area contributed by atoms with Gasteiger partial charge in [0.1, 0.15) is 0 Å². The molecule has 16 heavy (non-hydrogen) atoms. The molecule has 1 fully saturated rings. The van der Waals surface area contributed by atoms with Crippen molar-refractivity contribution in [2.45, 2.75) is 32.4 Å². The van der Waals surface area contributed by atoms with Gasteiger partial charge in [-0.2, -0.15) is 0 Å². The summed E-state index contributed by atoms with van der Waals surface area (Å²) in [7, 11) is 4.13. The summed E-state index contributed by atoms with van der Waals surface area (Å²) in [6.07, 6.45) is 6.42. The molecule has 0 spiro atoms. The van der Waals surface area contributed by atoms with Crippen LogP contribution >= 0.6 is 0 Å². The second-order valence-electron chi connectivity index (χ2n) is 4.82. The summed E-state index contributed by atoms with van der Waals surface area (Å²) in [6, 6.07) is 2.32. The van der Waals surface area contributed by atoms with Crippen LogP contribution in [-0.2, 0) is 20.1 Å². The number of rotatable bonds is 4. The zero-order chi connectivity index (χ0) is 11.4. The lowest BCUT2D eigenvalue weighted by atomic mass is 10.1. The highest BCUT2D eigenvalue weighted by atomic mass is 15.1. The highest BCUT2D eigenvalue weighted by Crippen LogP contribution is 2.14. The Morgan fingerprint density at radius 3 is 2.69 bits per heavy atom. The molecule has 0 saturated carbocycles. The van der Waals surface area contributed by atoms with Gasteiger partial charge in [0, 0.05) is 32.0 Å². The highest BCUT2D eigenvalue weighted by Gasteiger charge is 2.11. The summed E-state index contributed by atoms with van der Waals surface area (Å²) < 4.78 is 2.23. The highest BCUT2D eigenvalue weighted by molar-refractivity contribution is 5.18. The second-order valence-corrected chi connectivity index (χ2v) is 4.82. The number of aromatic nitrogens is 1. The average Bonchev–Trinajstić information content (AvgIpc) is 2.61. The maximum atomic E-state index is 3.21. The summed E-state index contributed by atoms with van der Waals surface area (Å²) in [6.45, 7) is 4.63. The molecule has 0 atom stereocenters. The van der Waals surface area contributed by atoms with Crippen molar-refractivity contribution in [2.75, 3.05) is 20.1 Å². The summed E-state index contributed by atoms with van der Waals surface area (Å²) in [4.78, 5) is 2.57. The van der Waals surface area contributed by atoms with Crippen molar-refractivity contribution in [1.82, 2.24) is 14.8 Å². The Kier molecular flexibility index (Phi) is 4.02. The first-order chi connectivity index (χ1) is 7.79. The molecule has 0 aromatic carbocycles. The Morgan fingerprint density at radius 2 is 2.00 bits per heavy atom. The van der Waals surface area contributed by atoms with Crippen molar-refractivity contribution in [3.8, 4) is 0 Å². The van der Waals surface area contributed by atoms with Gasteiger partial charge in [-0.1, -0.05) is 6.42 Å². The van der Waals surface area contributed by atoms with Gasteiger partial charge in [0.15, 0.2) is 0 Å². The molecular formula is C13H23N3. The third-order valence-corrected chi connectivity index (χ3v) is 3.38. The molecule has 3 heteroatoms. The largest absolute Gasteiger partial charge is 0.353 e. The molecule has 0 amide bonds. The zero-order valence-electron chi connectivity index (χ0n) is 10.5. The van der Waals surface area contributed by atoms with Gasteiger partial charge in [0.05, 0.1) is 0 Å². The molecule has 0 aliphatic carbocycles. The third kappa shape index (κ3) is 2.86. The molecule has 0 unspecified atom stereocenters. The fourth-order valence-electron chi connectivity index (χ4n) is 2.50. The number of hydrogen-bond acceptors (Lipinski definition) is 2. The van der Waals surface area contributed by atoms with Crippen LogP contribution in [-0.4, -0.2) is 29.6 Å². The Labute approximate surface area is 98.4 Å². The van der Waals surface area contributed by atoms with Gasteiger partial charge in [0.2, 0.25) is 0 Å². The van der Waals surface area contributed by atoms with Crippen molar-refractivity contribution in [1.29, 1.82) is 0 Å². The van der Waals surface area contributed by atoms with Gasteiger partial charge in [0.25, 0.3) is 0 Å². The number of piperidine rings is 1. The smallest absolute Gasteiger partial charge is 0.0356 e. The van der Waals surface area contributed by atoms with Crippen LogP contribution in [0.15, 0.2) is 12.3 Å². The van der Waals surface area contributed by atoms with E-state index in [0.29, 0.717) is 0 Å². The van der Waals surface area contributed by atoms with Crippen LogP contribution in [0, 0.1) is 0 Å². The lowest BCUT2D eigenvalue weighted by Gasteiger charge is -2.25. The minimum absolute atomic E-state index is 0.955. The van der Waals surface area contributed by atoms with E-state index in [1.165, 1.54) is 43.6 Å². The van der Waals surface area contributed by atoms with Crippen LogP contribution in [0.1, 0.15) is 30.5 Å². The molecule has 90 valence electrons. The monoisotopic (exact) mass is 221 g/mol. The molecule has 1 aliphatic heterocycles. The fraction of sp³-hybridized carbons (Fsp3) is 0.692. The Balaban J connectivity index is 1.95. The van der Waals surface area contributed by atoms with E-state index >= 15 is 0 Å². The minimum atomic E-state index is 0.955.